The molecule has 0 aromatic heterocycles. The Labute approximate surface area is 200 Å². The largest absolute Gasteiger partial charge is 0.366 e. The highest BCUT2D eigenvalue weighted by Crippen LogP contribution is 2.42. The molecule has 9 heteroatoms. The number of carbonyl (C=O) groups excluding carboxylic acids is 1. The first-order chi connectivity index (χ1) is 15.7. The summed E-state index contributed by atoms with van der Waals surface area (Å²) in [6, 6.07) is 9.92. The van der Waals surface area contributed by atoms with Gasteiger partial charge in [-0.2, -0.15) is 0 Å². The molecule has 0 atom stereocenters. The Morgan fingerprint density at radius 3 is 2.27 bits per heavy atom. The van der Waals surface area contributed by atoms with E-state index in [2.05, 4.69) is 0 Å². The fourth-order valence-corrected chi connectivity index (χ4v) is 6.41. The number of hydrogen-bond acceptors (Lipinski definition) is 4. The molecular weight excluding hydrogens is 465 g/mol. The summed E-state index contributed by atoms with van der Waals surface area (Å²) in [5, 5.41) is 0.531. The van der Waals surface area contributed by atoms with Gasteiger partial charge in [-0.3, -0.25) is 9.10 Å². The molecule has 1 aliphatic carbocycles. The lowest BCUT2D eigenvalue weighted by Gasteiger charge is -2.42. The van der Waals surface area contributed by atoms with Crippen molar-refractivity contribution in [2.24, 2.45) is 0 Å². The average molecular weight is 494 g/mol. The molecule has 1 saturated heterocycles. The highest BCUT2D eigenvalue weighted by Gasteiger charge is 2.38. The number of carbonyl (C=O) groups is 1. The van der Waals surface area contributed by atoms with Gasteiger partial charge in [0, 0.05) is 44.2 Å². The van der Waals surface area contributed by atoms with Crippen LogP contribution in [0.25, 0.3) is 0 Å². The van der Waals surface area contributed by atoms with Crippen LogP contribution in [0.15, 0.2) is 36.4 Å². The van der Waals surface area contributed by atoms with Gasteiger partial charge in [-0.05, 0) is 55.5 Å². The van der Waals surface area contributed by atoms with E-state index in [9.17, 15) is 13.2 Å². The smallest absolute Gasteiger partial charge is 0.239 e. The van der Waals surface area contributed by atoms with Crippen LogP contribution >= 0.6 is 11.6 Å². The maximum atomic E-state index is 15.7. The van der Waals surface area contributed by atoms with Crippen LogP contribution in [-0.2, 0) is 20.6 Å². The maximum Gasteiger partial charge on any atom is 0.239 e. The summed E-state index contributed by atoms with van der Waals surface area (Å²) in [6.07, 6.45) is 2.31. The van der Waals surface area contributed by atoms with Gasteiger partial charge in [0.05, 0.1) is 11.4 Å². The van der Waals surface area contributed by atoms with Gasteiger partial charge >= 0.3 is 0 Å². The lowest BCUT2D eigenvalue weighted by Crippen LogP contribution is -2.50. The van der Waals surface area contributed by atoms with E-state index >= 15 is 4.39 Å². The van der Waals surface area contributed by atoms with Crippen molar-refractivity contribution in [1.82, 2.24) is 4.90 Å². The normalized spacial score (nSPS) is 17.1. The number of nitrogens with zero attached hydrogens (tertiary/aromatic N) is 3. The van der Waals surface area contributed by atoms with Crippen LogP contribution in [0, 0.1) is 12.7 Å². The lowest BCUT2D eigenvalue weighted by atomic mass is 9.92. The zero-order valence-electron chi connectivity index (χ0n) is 18.9. The number of piperazine rings is 1. The standard InChI is InChI=1S/C24H29ClFN3O3S/c1-17-6-11-22(28-14-12-27(13-15-28)18(2)30)24(23(17)26)29(21-4-3-5-21)33(31,32)16-19-7-9-20(25)10-8-19/h6-11,21H,3-5,12-16H2,1-2H3. The van der Waals surface area contributed by atoms with Crippen LogP contribution in [0.5, 0.6) is 0 Å². The molecule has 33 heavy (non-hydrogen) atoms. The minimum Gasteiger partial charge on any atom is -0.366 e. The lowest BCUT2D eigenvalue weighted by molar-refractivity contribution is -0.129. The minimum atomic E-state index is -3.87. The van der Waals surface area contributed by atoms with Gasteiger partial charge in [-0.15, -0.1) is 0 Å². The third-order valence-electron chi connectivity index (χ3n) is 6.54. The first-order valence-electron chi connectivity index (χ1n) is 11.2. The fourth-order valence-electron chi connectivity index (χ4n) is 4.41. The second kappa shape index (κ2) is 9.50. The third kappa shape index (κ3) is 4.96. The van der Waals surface area contributed by atoms with Crippen molar-refractivity contribution in [3.8, 4) is 0 Å². The van der Waals surface area contributed by atoms with Crippen molar-refractivity contribution >= 4 is 38.9 Å². The Balaban J connectivity index is 1.74. The Morgan fingerprint density at radius 2 is 1.73 bits per heavy atom. The third-order valence-corrected chi connectivity index (χ3v) is 8.57. The number of halogens is 2. The van der Waals surface area contributed by atoms with Crippen LogP contribution in [0.1, 0.15) is 37.3 Å². The number of amides is 1. The van der Waals surface area contributed by atoms with Gasteiger partial charge < -0.3 is 9.80 Å². The van der Waals surface area contributed by atoms with Gasteiger partial charge in [0.1, 0.15) is 5.69 Å². The number of hydrogen-bond donors (Lipinski definition) is 0. The topological polar surface area (TPSA) is 60.9 Å². The van der Waals surface area contributed by atoms with E-state index in [1.165, 1.54) is 11.2 Å². The molecule has 2 aliphatic rings. The predicted molar refractivity (Wildman–Crippen MR) is 130 cm³/mol. The van der Waals surface area contributed by atoms with Crippen LogP contribution in [0.2, 0.25) is 5.02 Å². The summed E-state index contributed by atoms with van der Waals surface area (Å²) in [5.74, 6) is -0.731. The Morgan fingerprint density at radius 1 is 1.09 bits per heavy atom. The summed E-state index contributed by atoms with van der Waals surface area (Å²) >= 11 is 5.96. The second-order valence-electron chi connectivity index (χ2n) is 8.82. The van der Waals surface area contributed by atoms with Crippen molar-refractivity contribution < 1.29 is 17.6 Å². The first-order valence-corrected chi connectivity index (χ1v) is 13.2. The van der Waals surface area contributed by atoms with E-state index in [1.807, 2.05) is 4.90 Å². The van der Waals surface area contributed by atoms with Gasteiger partial charge in [0.25, 0.3) is 0 Å². The summed E-state index contributed by atoms with van der Waals surface area (Å²) in [6.45, 7) is 5.27. The molecular formula is C24H29ClFN3O3S. The molecule has 0 N–H and O–H groups in total. The molecule has 4 rings (SSSR count). The van der Waals surface area contributed by atoms with Crippen LogP contribution in [-0.4, -0.2) is 51.4 Å². The van der Waals surface area contributed by atoms with Crippen LogP contribution < -0.4 is 9.21 Å². The van der Waals surface area contributed by atoms with E-state index in [1.54, 1.807) is 48.2 Å². The Hall–Kier alpha value is -2.32. The highest BCUT2D eigenvalue weighted by molar-refractivity contribution is 7.92. The molecule has 2 aromatic rings. The Bertz CT molecular complexity index is 1130. The van der Waals surface area contributed by atoms with Crippen molar-refractivity contribution in [2.75, 3.05) is 35.4 Å². The van der Waals surface area contributed by atoms with E-state index < -0.39 is 15.8 Å². The molecule has 0 unspecified atom stereocenters. The Kier molecular flexibility index (Phi) is 6.86. The first kappa shape index (κ1) is 23.8. The van der Waals surface area contributed by atoms with Gasteiger partial charge in [-0.25, -0.2) is 12.8 Å². The number of rotatable bonds is 6. The van der Waals surface area contributed by atoms with Gasteiger partial charge in [0.2, 0.25) is 15.9 Å². The molecule has 1 aliphatic heterocycles. The molecule has 2 aromatic carbocycles. The zero-order chi connectivity index (χ0) is 23.8. The molecule has 6 nitrogen and oxygen atoms in total. The second-order valence-corrected chi connectivity index (χ2v) is 11.1. The monoisotopic (exact) mass is 493 g/mol. The maximum absolute atomic E-state index is 15.7. The zero-order valence-corrected chi connectivity index (χ0v) is 20.5. The quantitative estimate of drug-likeness (QED) is 0.600. The van der Waals surface area contributed by atoms with Crippen LogP contribution in [0.3, 0.4) is 0 Å². The van der Waals surface area contributed by atoms with Crippen LogP contribution in [0.4, 0.5) is 15.8 Å². The van der Waals surface area contributed by atoms with E-state index in [0.717, 1.165) is 6.42 Å². The minimum absolute atomic E-state index is 0.00611. The number of aryl methyl sites for hydroxylation is 1. The molecule has 0 radical (unpaired) electrons. The fraction of sp³-hybridized carbons (Fsp3) is 0.458. The summed E-state index contributed by atoms with van der Waals surface area (Å²) in [7, 11) is -3.87. The molecule has 1 amide bonds. The number of sulfonamides is 1. The van der Waals surface area contributed by atoms with E-state index in [0.29, 0.717) is 60.9 Å². The average Bonchev–Trinajstić information content (AvgIpc) is 2.74. The SMILES string of the molecule is CC(=O)N1CCN(c2ccc(C)c(F)c2N(C2CCC2)S(=O)(=O)Cc2ccc(Cl)cc2)CC1. The molecule has 2 fully saturated rings. The van der Waals surface area contributed by atoms with Crippen molar-refractivity contribution in [2.45, 2.75) is 44.9 Å². The number of benzene rings is 2. The van der Waals surface area contributed by atoms with E-state index in [4.69, 9.17) is 11.6 Å². The van der Waals surface area contributed by atoms with Crippen molar-refractivity contribution in [3.63, 3.8) is 0 Å². The van der Waals surface area contributed by atoms with Gasteiger partial charge in [-0.1, -0.05) is 29.8 Å². The molecule has 178 valence electrons. The predicted octanol–water partition coefficient (Wildman–Crippen LogP) is 4.34. The molecule has 0 spiro atoms. The highest BCUT2D eigenvalue weighted by atomic mass is 35.5. The molecule has 1 saturated carbocycles. The van der Waals surface area contributed by atoms with Gasteiger partial charge in [0.15, 0.2) is 5.82 Å². The van der Waals surface area contributed by atoms with Crippen molar-refractivity contribution in [3.05, 3.63) is 58.4 Å². The summed E-state index contributed by atoms with van der Waals surface area (Å²) in [5.41, 5.74) is 1.70. The number of anilines is 2. The summed E-state index contributed by atoms with van der Waals surface area (Å²) < 4.78 is 44.5. The molecule has 0 bridgehead atoms. The molecule has 1 heterocycles. The summed E-state index contributed by atoms with van der Waals surface area (Å²) in [4.78, 5) is 15.5. The van der Waals surface area contributed by atoms with E-state index in [-0.39, 0.29) is 23.4 Å². The van der Waals surface area contributed by atoms with Crippen molar-refractivity contribution in [1.29, 1.82) is 0 Å².